The summed E-state index contributed by atoms with van der Waals surface area (Å²) in [7, 11) is 0. The van der Waals surface area contributed by atoms with Crippen molar-refractivity contribution in [1.82, 2.24) is 4.98 Å². The predicted molar refractivity (Wildman–Crippen MR) is 82.6 cm³/mol. The van der Waals surface area contributed by atoms with Gasteiger partial charge in [-0.3, -0.25) is 0 Å². The molecule has 5 rings (SSSR count). The molecular formula is C17H25N3. The van der Waals surface area contributed by atoms with Gasteiger partial charge < -0.3 is 10.6 Å². The molecule has 0 amide bonds. The average molecular weight is 271 g/mol. The first kappa shape index (κ1) is 12.5. The summed E-state index contributed by atoms with van der Waals surface area (Å²) < 4.78 is 0. The van der Waals surface area contributed by atoms with Crippen LogP contribution in [0.2, 0.25) is 0 Å². The molecule has 0 saturated heterocycles. The van der Waals surface area contributed by atoms with Gasteiger partial charge in [0.05, 0.1) is 5.69 Å². The van der Waals surface area contributed by atoms with Gasteiger partial charge in [-0.1, -0.05) is 0 Å². The van der Waals surface area contributed by atoms with E-state index in [1.807, 2.05) is 18.3 Å². The van der Waals surface area contributed by atoms with Crippen LogP contribution in [0.1, 0.15) is 45.4 Å². The maximum absolute atomic E-state index is 6.21. The Labute approximate surface area is 121 Å². The second-order valence-electron chi connectivity index (χ2n) is 7.30. The summed E-state index contributed by atoms with van der Waals surface area (Å²) in [6, 6.07) is 3.93. The SMILES string of the molecule is CCN(c1ncccc1N)C12CC3CC(CC(C3)C1)C2. The van der Waals surface area contributed by atoms with Crippen LogP contribution >= 0.6 is 0 Å². The number of hydrogen-bond acceptors (Lipinski definition) is 3. The van der Waals surface area contributed by atoms with Gasteiger partial charge in [-0.15, -0.1) is 0 Å². The Morgan fingerprint density at radius 2 is 1.80 bits per heavy atom. The van der Waals surface area contributed by atoms with Crippen molar-refractivity contribution in [2.24, 2.45) is 17.8 Å². The van der Waals surface area contributed by atoms with Crippen molar-refractivity contribution in [1.29, 1.82) is 0 Å². The highest BCUT2D eigenvalue weighted by Gasteiger charge is 2.53. The van der Waals surface area contributed by atoms with E-state index in [9.17, 15) is 0 Å². The van der Waals surface area contributed by atoms with Crippen LogP contribution in [0.4, 0.5) is 11.5 Å². The number of aromatic nitrogens is 1. The minimum atomic E-state index is 0.353. The third kappa shape index (κ3) is 1.75. The van der Waals surface area contributed by atoms with E-state index >= 15 is 0 Å². The quantitative estimate of drug-likeness (QED) is 0.915. The first-order valence-electron chi connectivity index (χ1n) is 8.18. The van der Waals surface area contributed by atoms with Gasteiger partial charge in [0, 0.05) is 18.3 Å². The molecule has 0 spiro atoms. The number of nitrogens with zero attached hydrogens (tertiary/aromatic N) is 2. The van der Waals surface area contributed by atoms with Crippen LogP contribution in [0.5, 0.6) is 0 Å². The molecule has 108 valence electrons. The van der Waals surface area contributed by atoms with Gasteiger partial charge in [0.15, 0.2) is 5.82 Å². The van der Waals surface area contributed by atoms with Crippen molar-refractivity contribution < 1.29 is 0 Å². The van der Waals surface area contributed by atoms with Gasteiger partial charge in [0.1, 0.15) is 0 Å². The summed E-state index contributed by atoms with van der Waals surface area (Å²) in [4.78, 5) is 7.16. The van der Waals surface area contributed by atoms with Crippen molar-refractivity contribution in [3.63, 3.8) is 0 Å². The van der Waals surface area contributed by atoms with E-state index < -0.39 is 0 Å². The molecule has 0 radical (unpaired) electrons. The van der Waals surface area contributed by atoms with Gasteiger partial charge in [-0.05, 0) is 75.3 Å². The number of rotatable bonds is 3. The van der Waals surface area contributed by atoms with Crippen molar-refractivity contribution in [3.8, 4) is 0 Å². The molecule has 4 saturated carbocycles. The Kier molecular flexibility index (Phi) is 2.73. The smallest absolute Gasteiger partial charge is 0.152 e. The Balaban J connectivity index is 1.73. The fourth-order valence-electron chi connectivity index (χ4n) is 5.74. The monoisotopic (exact) mass is 271 g/mol. The Bertz CT molecular complexity index is 475. The van der Waals surface area contributed by atoms with Crippen molar-refractivity contribution in [2.45, 2.75) is 51.0 Å². The molecule has 1 heterocycles. The van der Waals surface area contributed by atoms with Crippen molar-refractivity contribution >= 4 is 11.5 Å². The lowest BCUT2D eigenvalue weighted by atomic mass is 9.52. The lowest BCUT2D eigenvalue weighted by molar-refractivity contribution is -0.00413. The second-order valence-corrected chi connectivity index (χ2v) is 7.30. The standard InChI is InChI=1S/C17H25N3/c1-2-20(16-15(18)4-3-5-19-16)17-9-12-6-13(10-17)8-14(7-12)11-17/h3-5,12-14H,2,6-11,18H2,1H3. The molecule has 20 heavy (non-hydrogen) atoms. The second kappa shape index (κ2) is 4.37. The highest BCUT2D eigenvalue weighted by Crippen LogP contribution is 2.58. The molecule has 1 aromatic heterocycles. The molecule has 4 bridgehead atoms. The largest absolute Gasteiger partial charge is 0.396 e. The number of pyridine rings is 1. The molecule has 1 aromatic rings. The van der Waals surface area contributed by atoms with Crippen LogP contribution in [0, 0.1) is 17.8 Å². The summed E-state index contributed by atoms with van der Waals surface area (Å²) in [5, 5.41) is 0. The summed E-state index contributed by atoms with van der Waals surface area (Å²) in [6.45, 7) is 3.28. The molecule has 0 unspecified atom stereocenters. The van der Waals surface area contributed by atoms with E-state index in [1.165, 1.54) is 38.5 Å². The van der Waals surface area contributed by atoms with E-state index in [4.69, 9.17) is 5.73 Å². The Morgan fingerprint density at radius 3 is 2.30 bits per heavy atom. The number of nitrogen functional groups attached to an aromatic ring is 1. The van der Waals surface area contributed by atoms with Crippen molar-refractivity contribution in [3.05, 3.63) is 18.3 Å². The van der Waals surface area contributed by atoms with Gasteiger partial charge >= 0.3 is 0 Å². The molecule has 3 nitrogen and oxygen atoms in total. The maximum atomic E-state index is 6.21. The van der Waals surface area contributed by atoms with Gasteiger partial charge in [0.2, 0.25) is 0 Å². The fourth-order valence-corrected chi connectivity index (χ4v) is 5.74. The van der Waals surface area contributed by atoms with Crippen molar-refractivity contribution in [2.75, 3.05) is 17.2 Å². The molecule has 4 fully saturated rings. The van der Waals surface area contributed by atoms with Crippen LogP contribution in [0.25, 0.3) is 0 Å². The first-order valence-corrected chi connectivity index (χ1v) is 8.18. The Hall–Kier alpha value is -1.25. The van der Waals surface area contributed by atoms with Crippen LogP contribution in [-0.4, -0.2) is 17.1 Å². The third-order valence-electron chi connectivity index (χ3n) is 5.97. The zero-order valence-electron chi connectivity index (χ0n) is 12.4. The molecule has 0 aliphatic heterocycles. The van der Waals surface area contributed by atoms with E-state index in [2.05, 4.69) is 16.8 Å². The summed E-state index contributed by atoms with van der Waals surface area (Å²) in [5.74, 6) is 3.90. The minimum absolute atomic E-state index is 0.353. The number of hydrogen-bond donors (Lipinski definition) is 1. The van der Waals surface area contributed by atoms with E-state index in [-0.39, 0.29) is 0 Å². The fraction of sp³-hybridized carbons (Fsp3) is 0.706. The summed E-state index contributed by atoms with van der Waals surface area (Å²) in [5.41, 5.74) is 7.40. The Morgan fingerprint density at radius 1 is 1.20 bits per heavy atom. The third-order valence-corrected chi connectivity index (χ3v) is 5.97. The van der Waals surface area contributed by atoms with Crippen LogP contribution < -0.4 is 10.6 Å². The zero-order valence-corrected chi connectivity index (χ0v) is 12.4. The van der Waals surface area contributed by atoms with E-state index in [1.54, 1.807) is 0 Å². The van der Waals surface area contributed by atoms with Gasteiger partial charge in [-0.25, -0.2) is 4.98 Å². The maximum Gasteiger partial charge on any atom is 0.152 e. The van der Waals surface area contributed by atoms with Gasteiger partial charge in [0.25, 0.3) is 0 Å². The molecular weight excluding hydrogens is 246 g/mol. The van der Waals surface area contributed by atoms with Crippen LogP contribution in [-0.2, 0) is 0 Å². The lowest BCUT2D eigenvalue weighted by Gasteiger charge is -2.60. The van der Waals surface area contributed by atoms with E-state index in [0.29, 0.717) is 5.54 Å². The summed E-state index contributed by atoms with van der Waals surface area (Å²) in [6.07, 6.45) is 10.4. The topological polar surface area (TPSA) is 42.2 Å². The molecule has 0 aromatic carbocycles. The number of anilines is 2. The highest BCUT2D eigenvalue weighted by molar-refractivity contribution is 5.63. The van der Waals surface area contributed by atoms with Crippen LogP contribution in [0.3, 0.4) is 0 Å². The molecule has 4 aliphatic carbocycles. The first-order chi connectivity index (χ1) is 9.70. The minimum Gasteiger partial charge on any atom is -0.396 e. The van der Waals surface area contributed by atoms with E-state index in [0.717, 1.165) is 35.8 Å². The lowest BCUT2D eigenvalue weighted by Crippen LogP contribution is -2.60. The molecule has 3 heteroatoms. The van der Waals surface area contributed by atoms with Gasteiger partial charge in [-0.2, -0.15) is 0 Å². The summed E-state index contributed by atoms with van der Waals surface area (Å²) >= 11 is 0. The molecule has 2 N–H and O–H groups in total. The van der Waals surface area contributed by atoms with Crippen LogP contribution in [0.15, 0.2) is 18.3 Å². The predicted octanol–water partition coefficient (Wildman–Crippen LogP) is 3.46. The highest BCUT2D eigenvalue weighted by atomic mass is 15.3. The zero-order chi connectivity index (χ0) is 13.7. The average Bonchev–Trinajstić information content (AvgIpc) is 2.40. The normalized spacial score (nSPS) is 38.1. The number of nitrogens with two attached hydrogens (primary N) is 1. The molecule has 4 aliphatic rings. The molecule has 0 atom stereocenters.